The molecular weight excluding hydrogens is 294 g/mol. The molecule has 0 fully saturated rings. The summed E-state index contributed by atoms with van der Waals surface area (Å²) < 4.78 is 0. The molecular formula is C18H23NO4. The molecule has 1 aliphatic rings. The van der Waals surface area contributed by atoms with Crippen LogP contribution in [0.1, 0.15) is 45.7 Å². The number of nitrogens with zero attached hydrogens (tertiary/aromatic N) is 1. The van der Waals surface area contributed by atoms with E-state index < -0.39 is 23.1 Å². The number of ketones is 1. The first kappa shape index (κ1) is 17.1. The highest BCUT2D eigenvalue weighted by Crippen LogP contribution is 2.41. The lowest BCUT2D eigenvalue weighted by Gasteiger charge is -2.28. The summed E-state index contributed by atoms with van der Waals surface area (Å²) in [7, 11) is 0. The van der Waals surface area contributed by atoms with Gasteiger partial charge in [0.05, 0.1) is 11.6 Å². The molecule has 0 aliphatic carbocycles. The Kier molecular flexibility index (Phi) is 4.50. The van der Waals surface area contributed by atoms with Gasteiger partial charge in [0, 0.05) is 12.0 Å². The van der Waals surface area contributed by atoms with Crippen LogP contribution < -0.4 is 0 Å². The molecule has 5 heteroatoms. The number of carbonyl (C=O) groups excluding carboxylic acids is 2. The van der Waals surface area contributed by atoms with Crippen LogP contribution in [0.3, 0.4) is 0 Å². The van der Waals surface area contributed by atoms with E-state index in [1.807, 2.05) is 6.92 Å². The first-order valence-electron chi connectivity index (χ1n) is 7.76. The maximum absolute atomic E-state index is 12.8. The summed E-state index contributed by atoms with van der Waals surface area (Å²) in [6.07, 6.45) is 0.713. The van der Waals surface area contributed by atoms with Crippen molar-refractivity contribution in [1.29, 1.82) is 0 Å². The van der Waals surface area contributed by atoms with E-state index >= 15 is 0 Å². The normalized spacial score (nSPS) is 18.7. The fourth-order valence-corrected chi connectivity index (χ4v) is 2.76. The van der Waals surface area contributed by atoms with E-state index in [0.29, 0.717) is 18.5 Å². The van der Waals surface area contributed by atoms with Crippen LogP contribution in [0.4, 0.5) is 0 Å². The largest absolute Gasteiger partial charge is 0.508 e. The van der Waals surface area contributed by atoms with Crippen LogP contribution in [-0.2, 0) is 9.59 Å². The van der Waals surface area contributed by atoms with Crippen molar-refractivity contribution in [2.75, 3.05) is 6.54 Å². The molecule has 0 aromatic heterocycles. The Morgan fingerprint density at radius 1 is 1.17 bits per heavy atom. The minimum absolute atomic E-state index is 0.108. The van der Waals surface area contributed by atoms with Crippen LogP contribution in [0.5, 0.6) is 5.75 Å². The second-order valence-corrected chi connectivity index (χ2v) is 6.83. The maximum Gasteiger partial charge on any atom is 0.290 e. The third kappa shape index (κ3) is 3.09. The van der Waals surface area contributed by atoms with E-state index in [4.69, 9.17) is 0 Å². The molecule has 0 saturated carbocycles. The standard InChI is InChI=1S/C18H23NO4/c1-5-10-19-14(11-6-8-12(20)9-7-11)13(15(21)17(19)23)16(22)18(2,3)4/h6-9,14,20-21H,5,10H2,1-4H3. The van der Waals surface area contributed by atoms with E-state index in [-0.39, 0.29) is 17.1 Å². The Hall–Kier alpha value is -2.30. The minimum atomic E-state index is -0.707. The van der Waals surface area contributed by atoms with Crippen LogP contribution in [0.2, 0.25) is 0 Å². The Labute approximate surface area is 136 Å². The molecule has 2 N–H and O–H groups in total. The smallest absolute Gasteiger partial charge is 0.290 e. The number of aliphatic hydroxyl groups excluding tert-OH is 1. The lowest BCUT2D eigenvalue weighted by atomic mass is 9.82. The maximum atomic E-state index is 12.8. The molecule has 1 atom stereocenters. The van der Waals surface area contributed by atoms with Gasteiger partial charge in [0.25, 0.3) is 5.91 Å². The summed E-state index contributed by atoms with van der Waals surface area (Å²) in [5.41, 5.74) is 0.129. The van der Waals surface area contributed by atoms with Crippen molar-refractivity contribution in [2.45, 2.75) is 40.2 Å². The molecule has 2 rings (SSSR count). The minimum Gasteiger partial charge on any atom is -0.508 e. The second-order valence-electron chi connectivity index (χ2n) is 6.83. The van der Waals surface area contributed by atoms with Crippen LogP contribution in [0, 0.1) is 5.41 Å². The second kappa shape index (κ2) is 6.07. The summed E-state index contributed by atoms with van der Waals surface area (Å²) in [5.74, 6) is -1.12. The molecule has 0 radical (unpaired) electrons. The van der Waals surface area contributed by atoms with Gasteiger partial charge in [-0.3, -0.25) is 9.59 Å². The monoisotopic (exact) mass is 317 g/mol. The molecule has 1 aliphatic heterocycles. The first-order valence-corrected chi connectivity index (χ1v) is 7.76. The van der Waals surface area contributed by atoms with Gasteiger partial charge in [-0.25, -0.2) is 0 Å². The van der Waals surface area contributed by atoms with Crippen molar-refractivity contribution in [3.63, 3.8) is 0 Å². The number of hydrogen-bond acceptors (Lipinski definition) is 4. The van der Waals surface area contributed by atoms with E-state index in [0.717, 1.165) is 0 Å². The average molecular weight is 317 g/mol. The van der Waals surface area contributed by atoms with Crippen molar-refractivity contribution >= 4 is 11.7 Å². The van der Waals surface area contributed by atoms with Crippen LogP contribution in [0.15, 0.2) is 35.6 Å². The van der Waals surface area contributed by atoms with Gasteiger partial charge < -0.3 is 15.1 Å². The zero-order chi connectivity index (χ0) is 17.4. The van der Waals surface area contributed by atoms with E-state index in [2.05, 4.69) is 0 Å². The summed E-state index contributed by atoms with van der Waals surface area (Å²) >= 11 is 0. The number of carbonyl (C=O) groups is 2. The average Bonchev–Trinajstić information content (AvgIpc) is 2.72. The van der Waals surface area contributed by atoms with Crippen molar-refractivity contribution in [3.05, 3.63) is 41.2 Å². The lowest BCUT2D eigenvalue weighted by molar-refractivity contribution is -0.129. The molecule has 0 spiro atoms. The SMILES string of the molecule is CCCN1C(=O)C(O)=C(C(=O)C(C)(C)C)C1c1ccc(O)cc1. The fraction of sp³-hybridized carbons (Fsp3) is 0.444. The fourth-order valence-electron chi connectivity index (χ4n) is 2.76. The Morgan fingerprint density at radius 2 is 1.74 bits per heavy atom. The summed E-state index contributed by atoms with van der Waals surface area (Å²) in [6, 6.07) is 5.75. The number of phenols is 1. The van der Waals surface area contributed by atoms with Crippen LogP contribution in [0.25, 0.3) is 0 Å². The van der Waals surface area contributed by atoms with Crippen molar-refractivity contribution in [1.82, 2.24) is 4.90 Å². The number of amides is 1. The number of benzene rings is 1. The number of phenolic OH excluding ortho intramolecular Hbond substituents is 1. The summed E-state index contributed by atoms with van der Waals surface area (Å²) in [4.78, 5) is 26.7. The molecule has 1 aromatic rings. The molecule has 124 valence electrons. The highest BCUT2D eigenvalue weighted by atomic mass is 16.3. The molecule has 0 saturated heterocycles. The number of aliphatic hydroxyl groups is 1. The molecule has 1 unspecified atom stereocenters. The van der Waals surface area contributed by atoms with Gasteiger partial charge in [0.1, 0.15) is 5.75 Å². The van der Waals surface area contributed by atoms with Crippen LogP contribution >= 0.6 is 0 Å². The van der Waals surface area contributed by atoms with Gasteiger partial charge in [-0.15, -0.1) is 0 Å². The topological polar surface area (TPSA) is 77.8 Å². The number of hydrogen-bond donors (Lipinski definition) is 2. The first-order chi connectivity index (χ1) is 10.7. The van der Waals surface area contributed by atoms with Gasteiger partial charge >= 0.3 is 0 Å². The number of aromatic hydroxyl groups is 1. The van der Waals surface area contributed by atoms with Gasteiger partial charge in [-0.2, -0.15) is 0 Å². The molecule has 1 heterocycles. The lowest BCUT2D eigenvalue weighted by Crippen LogP contribution is -2.33. The molecule has 23 heavy (non-hydrogen) atoms. The third-order valence-corrected chi connectivity index (χ3v) is 3.90. The molecule has 5 nitrogen and oxygen atoms in total. The zero-order valence-electron chi connectivity index (χ0n) is 14.0. The van der Waals surface area contributed by atoms with Gasteiger partial charge in [-0.1, -0.05) is 39.8 Å². The molecule has 1 amide bonds. The quantitative estimate of drug-likeness (QED) is 0.894. The number of Topliss-reactive ketones (excluding diaryl/α,β-unsaturated/α-hetero) is 1. The van der Waals surface area contributed by atoms with Gasteiger partial charge in [0.15, 0.2) is 11.5 Å². The Balaban J connectivity index is 2.57. The predicted molar refractivity (Wildman–Crippen MR) is 87.0 cm³/mol. The van der Waals surface area contributed by atoms with Crippen molar-refractivity contribution in [2.24, 2.45) is 5.41 Å². The summed E-state index contributed by atoms with van der Waals surface area (Å²) in [6.45, 7) is 7.65. The van der Waals surface area contributed by atoms with Gasteiger partial charge in [0.2, 0.25) is 0 Å². The van der Waals surface area contributed by atoms with Gasteiger partial charge in [-0.05, 0) is 24.1 Å². The van der Waals surface area contributed by atoms with Crippen LogP contribution in [-0.4, -0.2) is 33.3 Å². The highest BCUT2D eigenvalue weighted by molar-refractivity contribution is 6.10. The number of rotatable bonds is 4. The third-order valence-electron chi connectivity index (χ3n) is 3.90. The molecule has 0 bridgehead atoms. The molecule has 1 aromatic carbocycles. The summed E-state index contributed by atoms with van der Waals surface area (Å²) in [5, 5.41) is 19.8. The van der Waals surface area contributed by atoms with E-state index in [1.54, 1.807) is 32.9 Å². The van der Waals surface area contributed by atoms with E-state index in [9.17, 15) is 19.8 Å². The van der Waals surface area contributed by atoms with Crippen molar-refractivity contribution in [3.8, 4) is 5.75 Å². The zero-order valence-corrected chi connectivity index (χ0v) is 14.0. The predicted octanol–water partition coefficient (Wildman–Crippen LogP) is 3.11. The highest BCUT2D eigenvalue weighted by Gasteiger charge is 2.45. The Bertz CT molecular complexity index is 653. The van der Waals surface area contributed by atoms with E-state index in [1.165, 1.54) is 17.0 Å². The van der Waals surface area contributed by atoms with Crippen molar-refractivity contribution < 1.29 is 19.8 Å². The Morgan fingerprint density at radius 3 is 2.22 bits per heavy atom.